The molecule has 92 valence electrons. The maximum atomic E-state index is 11.1. The first-order valence-corrected chi connectivity index (χ1v) is 6.22. The van der Waals surface area contributed by atoms with Gasteiger partial charge in [-0.05, 0) is 30.0 Å². The second-order valence-corrected chi connectivity index (χ2v) is 4.85. The maximum Gasteiger partial charge on any atom is 0.336 e. The molecule has 0 aliphatic heterocycles. The molecule has 2 N–H and O–H groups in total. The van der Waals surface area contributed by atoms with Crippen molar-refractivity contribution in [2.75, 3.05) is 0 Å². The fraction of sp³-hybridized carbons (Fsp3) is 0.500. The number of aromatic carboxylic acids is 1. The SMILES string of the molecule is O=C(O)c1cc(O)ccc1CC1CCCCC1. The van der Waals surface area contributed by atoms with Crippen molar-refractivity contribution in [3.05, 3.63) is 29.3 Å². The quantitative estimate of drug-likeness (QED) is 0.844. The summed E-state index contributed by atoms with van der Waals surface area (Å²) in [5.74, 6) is -0.326. The molecule has 0 aromatic heterocycles. The Hall–Kier alpha value is -1.51. The number of aromatic hydroxyl groups is 1. The van der Waals surface area contributed by atoms with Crippen molar-refractivity contribution in [2.24, 2.45) is 5.92 Å². The van der Waals surface area contributed by atoms with Crippen LogP contribution in [0.3, 0.4) is 0 Å². The smallest absolute Gasteiger partial charge is 0.336 e. The van der Waals surface area contributed by atoms with E-state index in [0.29, 0.717) is 5.92 Å². The van der Waals surface area contributed by atoms with Gasteiger partial charge in [0.25, 0.3) is 0 Å². The molecule has 1 saturated carbocycles. The highest BCUT2D eigenvalue weighted by Gasteiger charge is 2.18. The zero-order chi connectivity index (χ0) is 12.3. The van der Waals surface area contributed by atoms with E-state index in [0.717, 1.165) is 12.0 Å². The molecule has 1 aliphatic carbocycles. The lowest BCUT2D eigenvalue weighted by molar-refractivity contribution is 0.0695. The van der Waals surface area contributed by atoms with E-state index in [4.69, 9.17) is 5.11 Å². The van der Waals surface area contributed by atoms with Crippen LogP contribution in [-0.2, 0) is 6.42 Å². The predicted molar refractivity (Wildman–Crippen MR) is 65.3 cm³/mol. The minimum Gasteiger partial charge on any atom is -0.508 e. The minimum absolute atomic E-state index is 0.0230. The van der Waals surface area contributed by atoms with Gasteiger partial charge in [-0.1, -0.05) is 38.2 Å². The maximum absolute atomic E-state index is 11.1. The van der Waals surface area contributed by atoms with Crippen molar-refractivity contribution in [3.63, 3.8) is 0 Å². The van der Waals surface area contributed by atoms with Gasteiger partial charge in [-0.3, -0.25) is 0 Å². The number of carbonyl (C=O) groups is 1. The molecule has 0 saturated heterocycles. The van der Waals surface area contributed by atoms with Crippen molar-refractivity contribution in [3.8, 4) is 5.75 Å². The molecule has 1 aromatic rings. The number of hydrogen-bond acceptors (Lipinski definition) is 2. The highest BCUT2D eigenvalue weighted by molar-refractivity contribution is 5.89. The molecule has 2 rings (SSSR count). The number of phenols is 1. The van der Waals surface area contributed by atoms with Gasteiger partial charge in [0.15, 0.2) is 0 Å². The molecular formula is C14H18O3. The average molecular weight is 234 g/mol. The second-order valence-electron chi connectivity index (χ2n) is 4.85. The molecule has 1 aromatic carbocycles. The summed E-state index contributed by atoms with van der Waals surface area (Å²) in [5, 5.41) is 18.4. The molecule has 1 aliphatic rings. The molecule has 1 fully saturated rings. The molecule has 3 heteroatoms. The van der Waals surface area contributed by atoms with Gasteiger partial charge in [0.2, 0.25) is 0 Å². The van der Waals surface area contributed by atoms with Gasteiger partial charge < -0.3 is 10.2 Å². The van der Waals surface area contributed by atoms with E-state index in [1.807, 2.05) is 0 Å². The van der Waals surface area contributed by atoms with Crippen LogP contribution in [0.5, 0.6) is 5.75 Å². The molecule has 17 heavy (non-hydrogen) atoms. The number of rotatable bonds is 3. The summed E-state index contributed by atoms with van der Waals surface area (Å²) in [6.45, 7) is 0. The molecule has 0 radical (unpaired) electrons. The van der Waals surface area contributed by atoms with E-state index in [-0.39, 0.29) is 11.3 Å². The topological polar surface area (TPSA) is 57.5 Å². The van der Waals surface area contributed by atoms with E-state index in [9.17, 15) is 9.90 Å². The van der Waals surface area contributed by atoms with Crippen molar-refractivity contribution in [2.45, 2.75) is 38.5 Å². The Morgan fingerprint density at radius 2 is 1.94 bits per heavy atom. The summed E-state index contributed by atoms with van der Waals surface area (Å²) in [4.78, 5) is 11.1. The first-order chi connectivity index (χ1) is 8.16. The summed E-state index contributed by atoms with van der Waals surface area (Å²) < 4.78 is 0. The largest absolute Gasteiger partial charge is 0.508 e. The third kappa shape index (κ3) is 2.99. The zero-order valence-corrected chi connectivity index (χ0v) is 9.85. The molecule has 0 spiro atoms. The van der Waals surface area contributed by atoms with Gasteiger partial charge in [0.1, 0.15) is 5.75 Å². The van der Waals surface area contributed by atoms with Crippen LogP contribution in [0.25, 0.3) is 0 Å². The van der Waals surface area contributed by atoms with Crippen molar-refractivity contribution in [1.82, 2.24) is 0 Å². The standard InChI is InChI=1S/C14H18O3/c15-12-7-6-11(13(9-12)14(16)17)8-10-4-2-1-3-5-10/h6-7,9-10,15H,1-5,8H2,(H,16,17). The van der Waals surface area contributed by atoms with E-state index < -0.39 is 5.97 Å². The fourth-order valence-corrected chi connectivity index (χ4v) is 2.64. The third-order valence-corrected chi connectivity index (χ3v) is 3.56. The van der Waals surface area contributed by atoms with Crippen molar-refractivity contribution < 1.29 is 15.0 Å². The molecule has 0 atom stereocenters. The van der Waals surface area contributed by atoms with Crippen LogP contribution >= 0.6 is 0 Å². The Balaban J connectivity index is 2.16. The van der Waals surface area contributed by atoms with Gasteiger partial charge >= 0.3 is 5.97 Å². The lowest BCUT2D eigenvalue weighted by Gasteiger charge is -2.22. The minimum atomic E-state index is -0.952. The Bertz CT molecular complexity index is 406. The van der Waals surface area contributed by atoms with Crippen LogP contribution < -0.4 is 0 Å². The highest BCUT2D eigenvalue weighted by atomic mass is 16.4. The van der Waals surface area contributed by atoms with Gasteiger partial charge in [-0.25, -0.2) is 4.79 Å². The second kappa shape index (κ2) is 5.21. The zero-order valence-electron chi connectivity index (χ0n) is 9.85. The van der Waals surface area contributed by atoms with Crippen LogP contribution in [-0.4, -0.2) is 16.2 Å². The van der Waals surface area contributed by atoms with E-state index in [2.05, 4.69) is 0 Å². The molecular weight excluding hydrogens is 216 g/mol. The lowest BCUT2D eigenvalue weighted by Crippen LogP contribution is -2.12. The summed E-state index contributed by atoms with van der Waals surface area (Å²) >= 11 is 0. The normalized spacial score (nSPS) is 16.9. The number of carboxylic acids is 1. The van der Waals surface area contributed by atoms with Gasteiger partial charge in [0.05, 0.1) is 5.56 Å². The van der Waals surface area contributed by atoms with Crippen molar-refractivity contribution in [1.29, 1.82) is 0 Å². The van der Waals surface area contributed by atoms with Gasteiger partial charge in [0, 0.05) is 0 Å². The first-order valence-electron chi connectivity index (χ1n) is 6.22. The fourth-order valence-electron chi connectivity index (χ4n) is 2.64. The van der Waals surface area contributed by atoms with Gasteiger partial charge in [-0.2, -0.15) is 0 Å². The van der Waals surface area contributed by atoms with Crippen LogP contribution in [0.4, 0.5) is 0 Å². The first kappa shape index (κ1) is 12.0. The summed E-state index contributed by atoms with van der Waals surface area (Å²) in [6.07, 6.45) is 7.02. The monoisotopic (exact) mass is 234 g/mol. The number of hydrogen-bond donors (Lipinski definition) is 2. The summed E-state index contributed by atoms with van der Waals surface area (Å²) in [5.41, 5.74) is 1.10. The van der Waals surface area contributed by atoms with E-state index in [1.54, 1.807) is 12.1 Å². The summed E-state index contributed by atoms with van der Waals surface area (Å²) in [6, 6.07) is 4.67. The van der Waals surface area contributed by atoms with E-state index >= 15 is 0 Å². The number of phenolic OH excluding ortho intramolecular Hbond substituents is 1. The summed E-state index contributed by atoms with van der Waals surface area (Å²) in [7, 11) is 0. The molecule has 0 bridgehead atoms. The van der Waals surface area contributed by atoms with Gasteiger partial charge in [-0.15, -0.1) is 0 Å². The lowest BCUT2D eigenvalue weighted by atomic mass is 9.84. The predicted octanol–water partition coefficient (Wildman–Crippen LogP) is 3.21. The molecule has 0 unspecified atom stereocenters. The van der Waals surface area contributed by atoms with Crippen LogP contribution in [0.1, 0.15) is 48.0 Å². The molecule has 0 heterocycles. The average Bonchev–Trinajstić information content (AvgIpc) is 2.32. The number of benzene rings is 1. The molecule has 0 amide bonds. The third-order valence-electron chi connectivity index (χ3n) is 3.56. The van der Waals surface area contributed by atoms with Crippen LogP contribution in [0, 0.1) is 5.92 Å². The molecule has 3 nitrogen and oxygen atoms in total. The Labute approximate surface area is 101 Å². The Kier molecular flexibility index (Phi) is 3.67. The van der Waals surface area contributed by atoms with Crippen LogP contribution in [0.15, 0.2) is 18.2 Å². The Morgan fingerprint density at radius 3 is 2.59 bits per heavy atom. The highest BCUT2D eigenvalue weighted by Crippen LogP contribution is 2.28. The Morgan fingerprint density at radius 1 is 1.24 bits per heavy atom. The van der Waals surface area contributed by atoms with Crippen molar-refractivity contribution >= 4 is 5.97 Å². The van der Waals surface area contributed by atoms with Crippen LogP contribution in [0.2, 0.25) is 0 Å². The van der Waals surface area contributed by atoms with E-state index in [1.165, 1.54) is 38.2 Å². The number of carboxylic acid groups (broad SMARTS) is 1.